The first-order chi connectivity index (χ1) is 11.0. The maximum atomic E-state index is 12.0. The van der Waals surface area contributed by atoms with Crippen LogP contribution in [0.1, 0.15) is 22.2 Å². The number of carbonyl (C=O) groups excluding carboxylic acids is 2. The van der Waals surface area contributed by atoms with Gasteiger partial charge in [-0.3, -0.25) is 9.59 Å². The summed E-state index contributed by atoms with van der Waals surface area (Å²) in [6.07, 6.45) is 0.713. The van der Waals surface area contributed by atoms with Crippen molar-refractivity contribution in [3.05, 3.63) is 50.6 Å². The number of nitrogens with two attached hydrogens (primary N) is 1. The van der Waals surface area contributed by atoms with Crippen LogP contribution in [-0.4, -0.2) is 24.4 Å². The van der Waals surface area contributed by atoms with Crippen molar-refractivity contribution in [2.75, 3.05) is 12.3 Å². The zero-order valence-electron chi connectivity index (χ0n) is 13.0. The Hall–Kier alpha value is -1.57. The third kappa shape index (κ3) is 6.14. The SMILES string of the molecule is CC(NC(=O)c1ccc(Br)s1)C(=O)NCCc1ccc(N)cc1.Cl. The van der Waals surface area contributed by atoms with Crippen molar-refractivity contribution in [1.29, 1.82) is 0 Å². The summed E-state index contributed by atoms with van der Waals surface area (Å²) in [5.41, 5.74) is 7.44. The van der Waals surface area contributed by atoms with Crippen LogP contribution in [0, 0.1) is 0 Å². The molecular formula is C16H19BrClN3O2S. The summed E-state index contributed by atoms with van der Waals surface area (Å²) < 4.78 is 0.878. The van der Waals surface area contributed by atoms with Gasteiger partial charge < -0.3 is 16.4 Å². The van der Waals surface area contributed by atoms with Gasteiger partial charge in [0.2, 0.25) is 5.91 Å². The number of halogens is 2. The Labute approximate surface area is 159 Å². The molecule has 0 aliphatic rings. The van der Waals surface area contributed by atoms with E-state index in [1.165, 1.54) is 11.3 Å². The minimum absolute atomic E-state index is 0. The molecule has 1 aromatic heterocycles. The summed E-state index contributed by atoms with van der Waals surface area (Å²) in [6, 6.07) is 10.5. The molecule has 0 saturated heterocycles. The Kier molecular flexibility index (Phi) is 8.24. The lowest BCUT2D eigenvalue weighted by Gasteiger charge is -2.13. The molecule has 0 aliphatic carbocycles. The lowest BCUT2D eigenvalue weighted by molar-refractivity contribution is -0.122. The lowest BCUT2D eigenvalue weighted by Crippen LogP contribution is -2.45. The predicted molar refractivity (Wildman–Crippen MR) is 104 cm³/mol. The number of hydrogen-bond acceptors (Lipinski definition) is 4. The van der Waals surface area contributed by atoms with Crippen LogP contribution >= 0.6 is 39.7 Å². The first-order valence-electron chi connectivity index (χ1n) is 7.14. The molecule has 5 nitrogen and oxygen atoms in total. The van der Waals surface area contributed by atoms with Crippen molar-refractivity contribution in [1.82, 2.24) is 10.6 Å². The van der Waals surface area contributed by atoms with E-state index in [1.807, 2.05) is 24.3 Å². The summed E-state index contributed by atoms with van der Waals surface area (Å²) in [6.45, 7) is 2.17. The van der Waals surface area contributed by atoms with Gasteiger partial charge >= 0.3 is 0 Å². The average molecular weight is 433 g/mol. The van der Waals surface area contributed by atoms with Crippen molar-refractivity contribution < 1.29 is 9.59 Å². The number of thiophene rings is 1. The second kappa shape index (κ2) is 9.66. The summed E-state index contributed by atoms with van der Waals surface area (Å²) in [4.78, 5) is 24.6. The van der Waals surface area contributed by atoms with E-state index in [4.69, 9.17) is 5.73 Å². The minimum Gasteiger partial charge on any atom is -0.399 e. The first-order valence-corrected chi connectivity index (χ1v) is 8.75. The lowest BCUT2D eigenvalue weighted by atomic mass is 10.1. The second-order valence-electron chi connectivity index (χ2n) is 5.08. The molecule has 0 spiro atoms. The summed E-state index contributed by atoms with van der Waals surface area (Å²) in [5.74, 6) is -0.452. The summed E-state index contributed by atoms with van der Waals surface area (Å²) in [7, 11) is 0. The molecule has 1 atom stereocenters. The fourth-order valence-corrected chi connectivity index (χ4v) is 3.23. The van der Waals surface area contributed by atoms with Crippen molar-refractivity contribution in [2.45, 2.75) is 19.4 Å². The van der Waals surface area contributed by atoms with Gasteiger partial charge in [-0.1, -0.05) is 12.1 Å². The highest BCUT2D eigenvalue weighted by Gasteiger charge is 2.17. The Morgan fingerprint density at radius 2 is 1.88 bits per heavy atom. The fraction of sp³-hybridized carbons (Fsp3) is 0.250. The number of amides is 2. The van der Waals surface area contributed by atoms with Crippen molar-refractivity contribution in [3.63, 3.8) is 0 Å². The van der Waals surface area contributed by atoms with Crippen molar-refractivity contribution >= 4 is 57.2 Å². The maximum absolute atomic E-state index is 12.0. The quantitative estimate of drug-likeness (QED) is 0.614. The van der Waals surface area contributed by atoms with Crippen molar-refractivity contribution in [2.24, 2.45) is 0 Å². The van der Waals surface area contributed by atoms with Gasteiger partial charge in [-0.25, -0.2) is 0 Å². The number of nitrogen functional groups attached to an aromatic ring is 1. The van der Waals surface area contributed by atoms with Gasteiger partial charge in [-0.2, -0.15) is 0 Å². The van der Waals surface area contributed by atoms with Crippen LogP contribution in [-0.2, 0) is 11.2 Å². The van der Waals surface area contributed by atoms with Crippen molar-refractivity contribution in [3.8, 4) is 0 Å². The number of hydrogen-bond donors (Lipinski definition) is 3. The van der Waals surface area contributed by atoms with E-state index in [9.17, 15) is 9.59 Å². The molecule has 0 aliphatic heterocycles. The molecule has 0 bridgehead atoms. The maximum Gasteiger partial charge on any atom is 0.262 e. The van der Waals surface area contributed by atoms with E-state index in [1.54, 1.807) is 19.1 Å². The molecule has 24 heavy (non-hydrogen) atoms. The summed E-state index contributed by atoms with van der Waals surface area (Å²) >= 11 is 4.64. The van der Waals surface area contributed by atoms with Gasteiger partial charge in [-0.05, 0) is 59.1 Å². The molecule has 1 aromatic carbocycles. The third-order valence-electron chi connectivity index (χ3n) is 3.23. The molecular weight excluding hydrogens is 414 g/mol. The topological polar surface area (TPSA) is 84.2 Å². The third-order valence-corrected chi connectivity index (χ3v) is 4.85. The van der Waals surface area contributed by atoms with E-state index in [0.717, 1.165) is 9.35 Å². The summed E-state index contributed by atoms with van der Waals surface area (Å²) in [5, 5.41) is 5.50. The van der Waals surface area contributed by atoms with E-state index in [-0.39, 0.29) is 24.2 Å². The van der Waals surface area contributed by atoms with E-state index < -0.39 is 6.04 Å². The standard InChI is InChI=1S/C16H18BrN3O2S.ClH/c1-10(20-16(22)13-6-7-14(17)23-13)15(21)19-9-8-11-2-4-12(18)5-3-11;/h2-7,10H,8-9,18H2,1H3,(H,19,21)(H,20,22);1H. The highest BCUT2D eigenvalue weighted by atomic mass is 79.9. The van der Waals surface area contributed by atoms with Gasteiger partial charge in [0.05, 0.1) is 8.66 Å². The number of rotatable bonds is 6. The largest absolute Gasteiger partial charge is 0.399 e. The zero-order valence-corrected chi connectivity index (χ0v) is 16.3. The van der Waals surface area contributed by atoms with Crippen LogP contribution in [0.25, 0.3) is 0 Å². The molecule has 130 valence electrons. The molecule has 2 rings (SSSR count). The molecule has 1 heterocycles. The van der Waals surface area contributed by atoms with Crippen LogP contribution in [0.15, 0.2) is 40.2 Å². The van der Waals surface area contributed by atoms with Crippen LogP contribution in [0.4, 0.5) is 5.69 Å². The van der Waals surface area contributed by atoms with E-state index in [2.05, 4.69) is 26.6 Å². The average Bonchev–Trinajstić information content (AvgIpc) is 2.95. The van der Waals surface area contributed by atoms with Crippen LogP contribution in [0.2, 0.25) is 0 Å². The number of nitrogens with one attached hydrogen (secondary N) is 2. The Morgan fingerprint density at radius 1 is 1.21 bits per heavy atom. The molecule has 0 radical (unpaired) electrons. The number of benzene rings is 1. The zero-order chi connectivity index (χ0) is 16.8. The second-order valence-corrected chi connectivity index (χ2v) is 7.54. The minimum atomic E-state index is -0.588. The Morgan fingerprint density at radius 3 is 2.46 bits per heavy atom. The van der Waals surface area contributed by atoms with Gasteiger partial charge in [0.25, 0.3) is 5.91 Å². The molecule has 4 N–H and O–H groups in total. The molecule has 0 fully saturated rings. The monoisotopic (exact) mass is 431 g/mol. The van der Waals surface area contributed by atoms with Crippen LogP contribution in [0.5, 0.6) is 0 Å². The smallest absolute Gasteiger partial charge is 0.262 e. The fourth-order valence-electron chi connectivity index (χ4n) is 1.94. The van der Waals surface area contributed by atoms with E-state index in [0.29, 0.717) is 23.5 Å². The van der Waals surface area contributed by atoms with Gasteiger partial charge in [0, 0.05) is 12.2 Å². The Bertz CT molecular complexity index is 691. The van der Waals surface area contributed by atoms with Gasteiger partial charge in [0.1, 0.15) is 6.04 Å². The van der Waals surface area contributed by atoms with Gasteiger partial charge in [-0.15, -0.1) is 23.7 Å². The normalized spacial score (nSPS) is 11.2. The van der Waals surface area contributed by atoms with Gasteiger partial charge in [0.15, 0.2) is 0 Å². The highest BCUT2D eigenvalue weighted by Crippen LogP contribution is 2.21. The van der Waals surface area contributed by atoms with E-state index >= 15 is 0 Å². The Balaban J connectivity index is 0.00000288. The number of anilines is 1. The highest BCUT2D eigenvalue weighted by molar-refractivity contribution is 9.11. The number of carbonyl (C=O) groups is 2. The molecule has 0 saturated carbocycles. The van der Waals surface area contributed by atoms with Crippen LogP contribution in [0.3, 0.4) is 0 Å². The van der Waals surface area contributed by atoms with Crippen LogP contribution < -0.4 is 16.4 Å². The molecule has 2 aromatic rings. The molecule has 8 heteroatoms. The predicted octanol–water partition coefficient (Wildman–Crippen LogP) is 2.99. The molecule has 1 unspecified atom stereocenters. The first kappa shape index (κ1) is 20.5. The molecule has 2 amide bonds.